The maximum Gasteiger partial charge on any atom is 0.225 e. The number of carbonyl (C=O) groups excluding carboxylic acids is 1. The van der Waals surface area contributed by atoms with Crippen LogP contribution in [0.4, 0.5) is 5.69 Å². The van der Waals surface area contributed by atoms with Crippen LogP contribution in [0.3, 0.4) is 0 Å². The van der Waals surface area contributed by atoms with Gasteiger partial charge in [0.15, 0.2) is 5.96 Å². The number of nitrogens with zero attached hydrogens (tertiary/aromatic N) is 3. The van der Waals surface area contributed by atoms with Crippen LogP contribution >= 0.6 is 24.0 Å². The molecule has 1 atom stereocenters. The Hall–Kier alpha value is -1.39. The van der Waals surface area contributed by atoms with Gasteiger partial charge in [-0.05, 0) is 18.2 Å². The van der Waals surface area contributed by atoms with Gasteiger partial charge < -0.3 is 20.9 Å². The van der Waals surface area contributed by atoms with E-state index >= 15 is 0 Å². The molecule has 2 aliphatic rings. The highest BCUT2D eigenvalue weighted by Crippen LogP contribution is 2.31. The Morgan fingerprint density at radius 3 is 2.61 bits per heavy atom. The Morgan fingerprint density at radius 2 is 1.89 bits per heavy atom. The van der Waals surface area contributed by atoms with E-state index in [4.69, 9.17) is 0 Å². The van der Waals surface area contributed by atoms with Crippen molar-refractivity contribution >= 4 is 41.5 Å². The number of piperazine rings is 1. The summed E-state index contributed by atoms with van der Waals surface area (Å²) in [5.74, 6) is 1.04. The molecule has 8 heteroatoms. The van der Waals surface area contributed by atoms with Crippen molar-refractivity contribution in [1.29, 1.82) is 0 Å². The van der Waals surface area contributed by atoms with Gasteiger partial charge in [-0.25, -0.2) is 0 Å². The predicted molar refractivity (Wildman–Crippen MR) is 126 cm³/mol. The van der Waals surface area contributed by atoms with Crippen LogP contribution in [0.1, 0.15) is 24.8 Å². The number of hydrogen-bond acceptors (Lipinski definition) is 4. The zero-order valence-corrected chi connectivity index (χ0v) is 19.2. The first kappa shape index (κ1) is 22.9. The van der Waals surface area contributed by atoms with Gasteiger partial charge in [-0.3, -0.25) is 14.7 Å². The van der Waals surface area contributed by atoms with Gasteiger partial charge in [-0.1, -0.05) is 25.1 Å². The number of benzene rings is 1. The summed E-state index contributed by atoms with van der Waals surface area (Å²) in [6.45, 7) is 10.5. The van der Waals surface area contributed by atoms with E-state index in [0.717, 1.165) is 57.5 Å². The van der Waals surface area contributed by atoms with Gasteiger partial charge in [-0.2, -0.15) is 0 Å². The van der Waals surface area contributed by atoms with Crippen LogP contribution in [0, 0.1) is 0 Å². The van der Waals surface area contributed by atoms with Gasteiger partial charge in [0.1, 0.15) is 0 Å². The van der Waals surface area contributed by atoms with Crippen molar-refractivity contribution < 1.29 is 4.79 Å². The molecule has 1 amide bonds. The number of amides is 1. The molecule has 0 bridgehead atoms. The molecule has 7 nitrogen and oxygen atoms in total. The fourth-order valence-corrected chi connectivity index (χ4v) is 3.79. The molecule has 1 saturated heterocycles. The highest BCUT2D eigenvalue weighted by atomic mass is 127. The highest BCUT2D eigenvalue weighted by Gasteiger charge is 2.24. The SMILES string of the molecule is CCN1CCN(CCNC(=NC)NCC2CC(=O)Nc3ccccc32)CC1.I. The van der Waals surface area contributed by atoms with Gasteiger partial charge >= 0.3 is 0 Å². The summed E-state index contributed by atoms with van der Waals surface area (Å²) in [7, 11) is 1.79. The van der Waals surface area contributed by atoms with Gasteiger partial charge in [0.05, 0.1) is 0 Å². The van der Waals surface area contributed by atoms with E-state index < -0.39 is 0 Å². The molecule has 3 N–H and O–H groups in total. The molecule has 0 radical (unpaired) electrons. The molecule has 0 saturated carbocycles. The molecule has 0 spiro atoms. The summed E-state index contributed by atoms with van der Waals surface area (Å²) in [6.07, 6.45) is 0.503. The molecule has 28 heavy (non-hydrogen) atoms. The maximum atomic E-state index is 11.9. The Bertz CT molecular complexity index is 660. The predicted octanol–water partition coefficient (Wildman–Crippen LogP) is 1.53. The fourth-order valence-electron chi connectivity index (χ4n) is 3.79. The molecule has 0 aromatic heterocycles. The second-order valence-corrected chi connectivity index (χ2v) is 7.19. The van der Waals surface area contributed by atoms with Gasteiger partial charge in [-0.15, -0.1) is 24.0 Å². The lowest BCUT2D eigenvalue weighted by atomic mass is 9.90. The molecule has 2 aliphatic heterocycles. The Morgan fingerprint density at radius 1 is 1.18 bits per heavy atom. The van der Waals surface area contributed by atoms with E-state index in [9.17, 15) is 4.79 Å². The van der Waals surface area contributed by atoms with E-state index in [1.54, 1.807) is 7.05 Å². The molecule has 1 fully saturated rings. The lowest BCUT2D eigenvalue weighted by molar-refractivity contribution is -0.116. The maximum absolute atomic E-state index is 11.9. The van der Waals surface area contributed by atoms with Crippen LogP contribution in [0.25, 0.3) is 0 Å². The summed E-state index contributed by atoms with van der Waals surface area (Å²) < 4.78 is 0. The third-order valence-electron chi connectivity index (χ3n) is 5.48. The summed E-state index contributed by atoms with van der Waals surface area (Å²) in [5.41, 5.74) is 2.11. The van der Waals surface area contributed by atoms with Crippen LogP contribution in [-0.2, 0) is 4.79 Å². The van der Waals surface area contributed by atoms with Crippen LogP contribution < -0.4 is 16.0 Å². The van der Waals surface area contributed by atoms with Crippen molar-refractivity contribution in [3.05, 3.63) is 29.8 Å². The minimum atomic E-state index is 0. The smallest absolute Gasteiger partial charge is 0.225 e. The topological polar surface area (TPSA) is 72.0 Å². The van der Waals surface area contributed by atoms with Crippen LogP contribution in [0.15, 0.2) is 29.3 Å². The number of para-hydroxylation sites is 1. The number of guanidine groups is 1. The summed E-state index contributed by atoms with van der Waals surface area (Å²) in [6, 6.07) is 8.03. The number of hydrogen-bond donors (Lipinski definition) is 3. The number of likely N-dealkylation sites (N-methyl/N-ethyl adjacent to an activating group) is 1. The molecular weight excluding hydrogens is 467 g/mol. The van der Waals surface area contributed by atoms with Crippen molar-refractivity contribution in [2.45, 2.75) is 19.3 Å². The average Bonchev–Trinajstić information content (AvgIpc) is 2.70. The Kier molecular flexibility index (Phi) is 9.46. The van der Waals surface area contributed by atoms with Crippen molar-refractivity contribution in [3.8, 4) is 0 Å². The van der Waals surface area contributed by atoms with Gasteiger partial charge in [0.25, 0.3) is 0 Å². The van der Waals surface area contributed by atoms with Gasteiger partial charge in [0.2, 0.25) is 5.91 Å². The van der Waals surface area contributed by atoms with E-state index in [1.807, 2.05) is 18.2 Å². The lowest BCUT2D eigenvalue weighted by Gasteiger charge is -2.34. The zero-order valence-electron chi connectivity index (χ0n) is 16.9. The molecule has 1 aromatic carbocycles. The van der Waals surface area contributed by atoms with E-state index in [1.165, 1.54) is 5.56 Å². The quantitative estimate of drug-likeness (QED) is 0.314. The lowest BCUT2D eigenvalue weighted by Crippen LogP contribution is -2.49. The van der Waals surface area contributed by atoms with Gasteiger partial charge in [0, 0.05) is 70.9 Å². The normalized spacial score (nSPS) is 20.7. The number of nitrogens with one attached hydrogen (secondary N) is 3. The monoisotopic (exact) mass is 500 g/mol. The van der Waals surface area contributed by atoms with E-state index in [2.05, 4.69) is 43.7 Å². The van der Waals surface area contributed by atoms with Crippen LogP contribution in [0.5, 0.6) is 0 Å². The van der Waals surface area contributed by atoms with Crippen molar-refractivity contribution in [1.82, 2.24) is 20.4 Å². The van der Waals surface area contributed by atoms with E-state index in [-0.39, 0.29) is 35.8 Å². The molecule has 3 rings (SSSR count). The molecular formula is C20H33IN6O. The highest BCUT2D eigenvalue weighted by molar-refractivity contribution is 14.0. The van der Waals surface area contributed by atoms with Crippen LogP contribution in [0.2, 0.25) is 0 Å². The first-order valence-corrected chi connectivity index (χ1v) is 9.97. The number of anilines is 1. The first-order valence-electron chi connectivity index (χ1n) is 9.97. The second kappa shape index (κ2) is 11.6. The first-order chi connectivity index (χ1) is 13.2. The van der Waals surface area contributed by atoms with E-state index in [0.29, 0.717) is 13.0 Å². The number of carbonyl (C=O) groups is 1. The van der Waals surface area contributed by atoms with Crippen molar-refractivity contribution in [2.75, 3.05) is 64.7 Å². The summed E-state index contributed by atoms with van der Waals surface area (Å²) in [4.78, 5) is 21.3. The summed E-state index contributed by atoms with van der Waals surface area (Å²) in [5, 5.41) is 9.73. The number of rotatable bonds is 6. The zero-order chi connectivity index (χ0) is 19.1. The Labute approximate surface area is 185 Å². The fraction of sp³-hybridized carbons (Fsp3) is 0.600. The van der Waals surface area contributed by atoms with Crippen LogP contribution in [-0.4, -0.2) is 81.1 Å². The third-order valence-corrected chi connectivity index (χ3v) is 5.48. The largest absolute Gasteiger partial charge is 0.356 e. The van der Waals surface area contributed by atoms with Crippen molar-refractivity contribution in [3.63, 3.8) is 0 Å². The Balaban J connectivity index is 0.00000280. The molecule has 2 heterocycles. The van der Waals surface area contributed by atoms with Crippen molar-refractivity contribution in [2.24, 2.45) is 4.99 Å². The second-order valence-electron chi connectivity index (χ2n) is 7.19. The molecule has 1 aromatic rings. The number of aliphatic imine (C=N–C) groups is 1. The molecule has 156 valence electrons. The third kappa shape index (κ3) is 6.31. The summed E-state index contributed by atoms with van der Waals surface area (Å²) >= 11 is 0. The average molecular weight is 500 g/mol. The minimum Gasteiger partial charge on any atom is -0.356 e. The number of halogens is 1. The molecule has 1 unspecified atom stereocenters. The minimum absolute atomic E-state index is 0. The standard InChI is InChI=1S/C20H32N6O.HI/c1-3-25-10-12-26(13-11-25)9-8-22-20(21-2)23-15-16-14-19(27)24-18-7-5-4-6-17(16)18;/h4-7,16H,3,8-15H2,1-2H3,(H,24,27)(H2,21,22,23);1H. The number of fused-ring (bicyclic) bond motifs is 1. The molecule has 0 aliphatic carbocycles.